The van der Waals surface area contributed by atoms with Crippen LogP contribution in [0.1, 0.15) is 46.0 Å². The van der Waals surface area contributed by atoms with Gasteiger partial charge in [0.2, 0.25) is 0 Å². The lowest BCUT2D eigenvalue weighted by Crippen LogP contribution is -2.46. The smallest absolute Gasteiger partial charge is 0.0583 e. The van der Waals surface area contributed by atoms with E-state index >= 15 is 0 Å². The summed E-state index contributed by atoms with van der Waals surface area (Å²) in [6.45, 7) is 8.45. The van der Waals surface area contributed by atoms with Crippen LogP contribution in [0.2, 0.25) is 0 Å². The zero-order chi connectivity index (χ0) is 14.3. The summed E-state index contributed by atoms with van der Waals surface area (Å²) in [5.74, 6) is 2.12. The molecule has 0 aromatic heterocycles. The van der Waals surface area contributed by atoms with Crippen LogP contribution in [0, 0.1) is 23.2 Å². The van der Waals surface area contributed by atoms with Crippen LogP contribution in [-0.4, -0.2) is 48.8 Å². The van der Waals surface area contributed by atoms with Crippen molar-refractivity contribution in [1.82, 2.24) is 10.2 Å². The number of hydrogen-bond donors (Lipinski definition) is 2. The zero-order valence-electron chi connectivity index (χ0n) is 13.4. The lowest BCUT2D eigenvalue weighted by atomic mass is 9.69. The maximum absolute atomic E-state index is 10.1. The van der Waals surface area contributed by atoms with E-state index in [4.69, 9.17) is 0 Å². The molecule has 3 aliphatic rings. The number of hydrogen-bond acceptors (Lipinski definition) is 3. The number of likely N-dealkylation sites (tertiary alicyclic amines) is 1. The second kappa shape index (κ2) is 5.58. The van der Waals surface area contributed by atoms with Crippen molar-refractivity contribution in [2.24, 2.45) is 23.2 Å². The normalized spacial score (nSPS) is 44.7. The van der Waals surface area contributed by atoms with Crippen LogP contribution < -0.4 is 5.32 Å². The summed E-state index contributed by atoms with van der Waals surface area (Å²) in [7, 11) is 2.12. The molecule has 1 saturated heterocycles. The Hall–Kier alpha value is -0.120. The van der Waals surface area contributed by atoms with Gasteiger partial charge in [0.25, 0.3) is 0 Å². The number of aliphatic hydroxyl groups excluding tert-OH is 1. The first kappa shape index (κ1) is 14.8. The standard InChI is InChI=1S/C17H32N2O/c1-17(2)7-6-15(18-3)13(8-17)10-19-9-12-4-5-16(20)14(12)11-19/h12-16,18,20H,4-11H2,1-3H3. The molecule has 1 heterocycles. The zero-order valence-corrected chi connectivity index (χ0v) is 13.4. The molecule has 116 valence electrons. The van der Waals surface area contributed by atoms with E-state index in [2.05, 4.69) is 31.1 Å². The van der Waals surface area contributed by atoms with Crippen LogP contribution in [-0.2, 0) is 0 Å². The van der Waals surface area contributed by atoms with Crippen LogP contribution in [0.25, 0.3) is 0 Å². The number of rotatable bonds is 3. The highest BCUT2D eigenvalue weighted by Gasteiger charge is 2.43. The van der Waals surface area contributed by atoms with Gasteiger partial charge in [-0.25, -0.2) is 0 Å². The fraction of sp³-hybridized carbons (Fsp3) is 1.00. The van der Waals surface area contributed by atoms with E-state index < -0.39 is 0 Å². The summed E-state index contributed by atoms with van der Waals surface area (Å²) in [4.78, 5) is 2.65. The minimum absolute atomic E-state index is 0.0205. The second-order valence-electron chi connectivity index (χ2n) is 8.35. The molecule has 0 spiro atoms. The SMILES string of the molecule is CNC1CCC(C)(C)CC1CN1CC2CCC(O)C2C1. The summed E-state index contributed by atoms with van der Waals surface area (Å²) < 4.78 is 0. The van der Waals surface area contributed by atoms with Crippen molar-refractivity contribution in [3.05, 3.63) is 0 Å². The fourth-order valence-electron chi connectivity index (χ4n) is 5.12. The van der Waals surface area contributed by atoms with Crippen LogP contribution >= 0.6 is 0 Å². The number of nitrogens with one attached hydrogen (secondary N) is 1. The molecule has 5 atom stereocenters. The van der Waals surface area contributed by atoms with Gasteiger partial charge < -0.3 is 15.3 Å². The Labute approximate surface area is 124 Å². The van der Waals surface area contributed by atoms with E-state index in [-0.39, 0.29) is 6.10 Å². The Morgan fingerprint density at radius 3 is 2.70 bits per heavy atom. The van der Waals surface area contributed by atoms with Gasteiger partial charge in [0.1, 0.15) is 0 Å². The predicted octanol–water partition coefficient (Wildman–Crippen LogP) is 2.10. The minimum Gasteiger partial charge on any atom is -0.393 e. The van der Waals surface area contributed by atoms with E-state index in [0.29, 0.717) is 17.4 Å². The summed E-state index contributed by atoms with van der Waals surface area (Å²) in [6.07, 6.45) is 6.27. The van der Waals surface area contributed by atoms with Gasteiger partial charge in [0.15, 0.2) is 0 Å². The molecule has 3 fully saturated rings. The lowest BCUT2D eigenvalue weighted by Gasteiger charge is -2.42. The van der Waals surface area contributed by atoms with E-state index in [1.807, 2.05) is 0 Å². The molecule has 1 aliphatic heterocycles. The van der Waals surface area contributed by atoms with Crippen molar-refractivity contribution in [2.75, 3.05) is 26.7 Å². The van der Waals surface area contributed by atoms with Gasteiger partial charge in [-0.15, -0.1) is 0 Å². The Balaban J connectivity index is 1.59. The van der Waals surface area contributed by atoms with E-state index in [1.165, 1.54) is 38.8 Å². The molecular weight excluding hydrogens is 248 g/mol. The maximum Gasteiger partial charge on any atom is 0.0583 e. The maximum atomic E-state index is 10.1. The largest absolute Gasteiger partial charge is 0.393 e. The number of nitrogens with zero attached hydrogens (tertiary/aromatic N) is 1. The van der Waals surface area contributed by atoms with Gasteiger partial charge in [0, 0.05) is 31.6 Å². The van der Waals surface area contributed by atoms with Gasteiger partial charge in [-0.05, 0) is 56.4 Å². The quantitative estimate of drug-likeness (QED) is 0.831. The average molecular weight is 280 g/mol. The Bertz CT molecular complexity index is 344. The molecule has 20 heavy (non-hydrogen) atoms. The van der Waals surface area contributed by atoms with Gasteiger partial charge in [-0.3, -0.25) is 0 Å². The second-order valence-corrected chi connectivity index (χ2v) is 8.35. The topological polar surface area (TPSA) is 35.5 Å². The van der Waals surface area contributed by atoms with E-state index in [0.717, 1.165) is 24.8 Å². The highest BCUT2D eigenvalue weighted by Crippen LogP contribution is 2.42. The third-order valence-electron chi connectivity index (χ3n) is 6.27. The van der Waals surface area contributed by atoms with Gasteiger partial charge in [-0.2, -0.15) is 0 Å². The fourth-order valence-corrected chi connectivity index (χ4v) is 5.12. The van der Waals surface area contributed by atoms with Crippen molar-refractivity contribution in [1.29, 1.82) is 0 Å². The molecule has 0 bridgehead atoms. The molecule has 3 heteroatoms. The molecule has 5 unspecified atom stereocenters. The molecule has 3 rings (SSSR count). The van der Waals surface area contributed by atoms with Crippen molar-refractivity contribution in [3.8, 4) is 0 Å². The highest BCUT2D eigenvalue weighted by atomic mass is 16.3. The van der Waals surface area contributed by atoms with Gasteiger partial charge in [-0.1, -0.05) is 13.8 Å². The molecule has 0 radical (unpaired) electrons. The van der Waals surface area contributed by atoms with Crippen molar-refractivity contribution < 1.29 is 5.11 Å². The Morgan fingerprint density at radius 2 is 2.00 bits per heavy atom. The molecule has 0 amide bonds. The minimum atomic E-state index is -0.0205. The summed E-state index contributed by atoms with van der Waals surface area (Å²) in [5.41, 5.74) is 0.507. The van der Waals surface area contributed by atoms with Crippen LogP contribution in [0.4, 0.5) is 0 Å². The first-order chi connectivity index (χ1) is 9.48. The van der Waals surface area contributed by atoms with Crippen LogP contribution in [0.5, 0.6) is 0 Å². The number of aliphatic hydroxyl groups is 1. The summed E-state index contributed by atoms with van der Waals surface area (Å²) in [5, 5.41) is 13.6. The first-order valence-electron chi connectivity index (χ1n) is 8.56. The molecule has 0 aromatic rings. The van der Waals surface area contributed by atoms with Crippen molar-refractivity contribution in [3.63, 3.8) is 0 Å². The van der Waals surface area contributed by atoms with Crippen LogP contribution in [0.15, 0.2) is 0 Å². The predicted molar refractivity (Wildman–Crippen MR) is 82.6 cm³/mol. The summed E-state index contributed by atoms with van der Waals surface area (Å²) >= 11 is 0. The molecule has 0 aromatic carbocycles. The molecular formula is C17H32N2O. The van der Waals surface area contributed by atoms with Crippen molar-refractivity contribution >= 4 is 0 Å². The molecule has 3 nitrogen and oxygen atoms in total. The first-order valence-corrected chi connectivity index (χ1v) is 8.56. The molecule has 2 N–H and O–H groups in total. The van der Waals surface area contributed by atoms with Gasteiger partial charge in [0.05, 0.1) is 6.10 Å². The number of fused-ring (bicyclic) bond motifs is 1. The summed E-state index contributed by atoms with van der Waals surface area (Å²) in [6, 6.07) is 0.688. The van der Waals surface area contributed by atoms with E-state index in [9.17, 15) is 5.11 Å². The molecule has 2 aliphatic carbocycles. The third-order valence-corrected chi connectivity index (χ3v) is 6.27. The van der Waals surface area contributed by atoms with Crippen LogP contribution in [0.3, 0.4) is 0 Å². The third kappa shape index (κ3) is 2.90. The van der Waals surface area contributed by atoms with E-state index in [1.54, 1.807) is 0 Å². The molecule has 2 saturated carbocycles. The van der Waals surface area contributed by atoms with Crippen molar-refractivity contribution in [2.45, 2.75) is 58.1 Å². The Kier molecular flexibility index (Phi) is 4.13. The Morgan fingerprint density at radius 1 is 1.20 bits per heavy atom. The highest BCUT2D eigenvalue weighted by molar-refractivity contribution is 4.96. The monoisotopic (exact) mass is 280 g/mol. The lowest BCUT2D eigenvalue weighted by molar-refractivity contribution is 0.0964. The average Bonchev–Trinajstić information content (AvgIpc) is 2.91. The van der Waals surface area contributed by atoms with Gasteiger partial charge >= 0.3 is 0 Å².